The Bertz CT molecular complexity index is 1430. The Balaban J connectivity index is 2.07. The summed E-state index contributed by atoms with van der Waals surface area (Å²) in [5.41, 5.74) is 2.18. The summed E-state index contributed by atoms with van der Waals surface area (Å²) in [6, 6.07) is 21.7. The minimum atomic E-state index is -4.11. The van der Waals surface area contributed by atoms with Gasteiger partial charge >= 0.3 is 0 Å². The number of carbonyl (C=O) groups is 2. The number of nitrogens with zero attached hydrogens (tertiary/aromatic N) is 2. The first-order valence-corrected chi connectivity index (χ1v) is 15.9. The van der Waals surface area contributed by atoms with Crippen molar-refractivity contribution in [2.75, 3.05) is 18.0 Å². The van der Waals surface area contributed by atoms with E-state index in [-0.39, 0.29) is 29.3 Å². The smallest absolute Gasteiger partial charge is 0.264 e. The summed E-state index contributed by atoms with van der Waals surface area (Å²) < 4.78 is 34.4. The molecule has 0 spiro atoms. The largest absolute Gasteiger partial charge is 0.497 e. The van der Waals surface area contributed by atoms with Crippen LogP contribution in [-0.2, 0) is 26.2 Å². The van der Waals surface area contributed by atoms with Crippen LogP contribution in [0.5, 0.6) is 5.75 Å². The van der Waals surface area contributed by atoms with Crippen LogP contribution in [0.25, 0.3) is 0 Å². The van der Waals surface area contributed by atoms with E-state index in [0.717, 1.165) is 21.9 Å². The number of hydrogen-bond donors (Lipinski definition) is 1. The molecule has 0 aliphatic carbocycles. The second kappa shape index (κ2) is 14.9. The molecule has 42 heavy (non-hydrogen) atoms. The molecule has 3 rings (SSSR count). The number of nitrogens with one attached hydrogen (secondary N) is 1. The van der Waals surface area contributed by atoms with Crippen molar-refractivity contribution < 1.29 is 22.7 Å². The second-order valence-corrected chi connectivity index (χ2v) is 12.5. The summed E-state index contributed by atoms with van der Waals surface area (Å²) in [5, 5.41) is 2.99. The molecule has 0 saturated heterocycles. The molecular weight excluding hydrogens is 550 g/mol. The number of benzene rings is 3. The third-order valence-electron chi connectivity index (χ3n) is 7.33. The van der Waals surface area contributed by atoms with Gasteiger partial charge in [-0.15, -0.1) is 0 Å². The van der Waals surface area contributed by atoms with Gasteiger partial charge in [-0.3, -0.25) is 13.9 Å². The third-order valence-corrected chi connectivity index (χ3v) is 9.12. The van der Waals surface area contributed by atoms with E-state index in [9.17, 15) is 18.0 Å². The van der Waals surface area contributed by atoms with E-state index < -0.39 is 28.5 Å². The molecule has 3 aromatic carbocycles. The van der Waals surface area contributed by atoms with Crippen molar-refractivity contribution in [1.82, 2.24) is 10.2 Å². The summed E-state index contributed by atoms with van der Waals surface area (Å²) >= 11 is 0. The summed E-state index contributed by atoms with van der Waals surface area (Å²) in [4.78, 5) is 29.2. The average Bonchev–Trinajstić information content (AvgIpc) is 3.00. The van der Waals surface area contributed by atoms with Crippen molar-refractivity contribution >= 4 is 27.5 Å². The third kappa shape index (κ3) is 8.12. The Morgan fingerprint density at radius 1 is 0.881 bits per heavy atom. The number of sulfonamides is 1. The van der Waals surface area contributed by atoms with Crippen LogP contribution >= 0.6 is 0 Å². The van der Waals surface area contributed by atoms with Gasteiger partial charge in [0.2, 0.25) is 11.8 Å². The van der Waals surface area contributed by atoms with Gasteiger partial charge in [-0.25, -0.2) is 8.42 Å². The fourth-order valence-corrected chi connectivity index (χ4v) is 6.04. The van der Waals surface area contributed by atoms with E-state index in [1.54, 1.807) is 43.5 Å². The lowest BCUT2D eigenvalue weighted by molar-refractivity contribution is -0.140. The number of carbonyl (C=O) groups excluding carboxylic acids is 2. The Kier molecular flexibility index (Phi) is 11.6. The molecule has 226 valence electrons. The molecule has 2 amide bonds. The first-order valence-electron chi connectivity index (χ1n) is 14.4. The summed E-state index contributed by atoms with van der Waals surface area (Å²) in [6.07, 6.45) is 1.09. The van der Waals surface area contributed by atoms with Crippen molar-refractivity contribution in [1.29, 1.82) is 0 Å². The van der Waals surface area contributed by atoms with Crippen molar-refractivity contribution in [2.45, 2.75) is 76.9 Å². The van der Waals surface area contributed by atoms with Crippen LogP contribution in [0.2, 0.25) is 0 Å². The highest BCUT2D eigenvalue weighted by Crippen LogP contribution is 2.27. The van der Waals surface area contributed by atoms with E-state index in [1.165, 1.54) is 17.0 Å². The SMILES string of the molecule is CC[C@H](C)NC(=O)[C@H](CC)N(Cc1cccc(OC)c1)C(=O)CN(c1ccc(C(C)C)cc1)S(=O)(=O)c1ccccc1. The van der Waals surface area contributed by atoms with Crippen molar-refractivity contribution in [2.24, 2.45) is 0 Å². The maximum absolute atomic E-state index is 14.2. The topological polar surface area (TPSA) is 96.0 Å². The second-order valence-electron chi connectivity index (χ2n) is 10.7. The standard InChI is InChI=1S/C33H43N3O5S/c1-7-25(5)34-33(38)31(8-2)35(22-26-13-12-14-29(21-26)41-6)32(37)23-36(28-19-17-27(18-20-28)24(3)4)42(39,40)30-15-10-9-11-16-30/h9-21,24-25,31H,7-8,22-23H2,1-6H3,(H,34,38)/t25-,31-/m0/s1. The number of methoxy groups -OCH3 is 1. The molecule has 0 fully saturated rings. The maximum atomic E-state index is 14.2. The average molecular weight is 594 g/mol. The lowest BCUT2D eigenvalue weighted by atomic mass is 10.0. The molecule has 0 aromatic heterocycles. The van der Waals surface area contributed by atoms with Crippen LogP contribution in [0.1, 0.15) is 64.5 Å². The maximum Gasteiger partial charge on any atom is 0.264 e. The van der Waals surface area contributed by atoms with E-state index in [2.05, 4.69) is 19.2 Å². The zero-order valence-electron chi connectivity index (χ0n) is 25.4. The molecule has 0 saturated carbocycles. The van der Waals surface area contributed by atoms with Crippen molar-refractivity contribution in [3.05, 3.63) is 90.0 Å². The Labute approximate surface area is 250 Å². The zero-order valence-corrected chi connectivity index (χ0v) is 26.2. The number of amides is 2. The molecule has 3 aromatic rings. The Morgan fingerprint density at radius 3 is 2.12 bits per heavy atom. The fraction of sp³-hybridized carbons (Fsp3) is 0.394. The molecule has 8 nitrogen and oxygen atoms in total. The van der Waals surface area contributed by atoms with Crippen LogP contribution in [-0.4, -0.2) is 50.9 Å². The van der Waals surface area contributed by atoms with Gasteiger partial charge in [-0.2, -0.15) is 0 Å². The van der Waals surface area contributed by atoms with Gasteiger partial charge in [-0.05, 0) is 73.2 Å². The molecule has 0 bridgehead atoms. The zero-order chi connectivity index (χ0) is 30.9. The van der Waals surface area contributed by atoms with Gasteiger partial charge in [0.05, 0.1) is 17.7 Å². The molecule has 0 unspecified atom stereocenters. The Hall–Kier alpha value is -3.85. The van der Waals surface area contributed by atoms with Crippen LogP contribution < -0.4 is 14.4 Å². The summed E-state index contributed by atoms with van der Waals surface area (Å²) in [6.45, 7) is 9.47. The lowest BCUT2D eigenvalue weighted by Crippen LogP contribution is -2.53. The lowest BCUT2D eigenvalue weighted by Gasteiger charge is -2.33. The van der Waals surface area contributed by atoms with Crippen molar-refractivity contribution in [3.8, 4) is 5.75 Å². The van der Waals surface area contributed by atoms with Gasteiger partial charge < -0.3 is 15.0 Å². The quantitative estimate of drug-likeness (QED) is 0.257. The van der Waals surface area contributed by atoms with Gasteiger partial charge in [0.15, 0.2) is 0 Å². The molecule has 0 heterocycles. The minimum absolute atomic E-state index is 0.0743. The molecule has 0 radical (unpaired) electrons. The number of anilines is 1. The normalized spacial score (nSPS) is 12.8. The first kappa shape index (κ1) is 32.7. The van der Waals surface area contributed by atoms with E-state index in [0.29, 0.717) is 17.9 Å². The van der Waals surface area contributed by atoms with Crippen molar-refractivity contribution in [3.63, 3.8) is 0 Å². The highest BCUT2D eigenvalue weighted by atomic mass is 32.2. The van der Waals surface area contributed by atoms with Crippen LogP contribution in [0.15, 0.2) is 83.8 Å². The molecule has 2 atom stereocenters. The van der Waals surface area contributed by atoms with Gasteiger partial charge in [0, 0.05) is 12.6 Å². The van der Waals surface area contributed by atoms with E-state index in [1.807, 2.05) is 51.1 Å². The number of hydrogen-bond acceptors (Lipinski definition) is 5. The molecule has 9 heteroatoms. The highest BCUT2D eigenvalue weighted by Gasteiger charge is 2.34. The predicted octanol–water partition coefficient (Wildman–Crippen LogP) is 5.74. The molecular formula is C33H43N3O5S. The summed E-state index contributed by atoms with van der Waals surface area (Å²) in [5.74, 6) is 0.112. The van der Waals surface area contributed by atoms with E-state index >= 15 is 0 Å². The van der Waals surface area contributed by atoms with Crippen LogP contribution in [0.3, 0.4) is 0 Å². The predicted molar refractivity (Wildman–Crippen MR) is 167 cm³/mol. The Morgan fingerprint density at radius 2 is 1.55 bits per heavy atom. The van der Waals surface area contributed by atoms with Gasteiger partial charge in [0.25, 0.3) is 10.0 Å². The molecule has 0 aliphatic heterocycles. The van der Waals surface area contributed by atoms with E-state index in [4.69, 9.17) is 4.74 Å². The molecule has 1 N–H and O–H groups in total. The monoisotopic (exact) mass is 593 g/mol. The van der Waals surface area contributed by atoms with Crippen LogP contribution in [0, 0.1) is 0 Å². The number of ether oxygens (including phenoxy) is 1. The van der Waals surface area contributed by atoms with Crippen LogP contribution in [0.4, 0.5) is 5.69 Å². The van der Waals surface area contributed by atoms with Gasteiger partial charge in [-0.1, -0.05) is 70.2 Å². The minimum Gasteiger partial charge on any atom is -0.497 e. The fourth-order valence-electron chi connectivity index (χ4n) is 4.60. The number of rotatable bonds is 14. The first-order chi connectivity index (χ1) is 20.0. The summed E-state index contributed by atoms with van der Waals surface area (Å²) in [7, 11) is -2.55. The van der Waals surface area contributed by atoms with Gasteiger partial charge in [0.1, 0.15) is 18.3 Å². The molecule has 0 aliphatic rings. The highest BCUT2D eigenvalue weighted by molar-refractivity contribution is 7.92.